The molecule has 0 aliphatic rings. The summed E-state index contributed by atoms with van der Waals surface area (Å²) in [6.45, 7) is 3.86. The Morgan fingerprint density at radius 2 is 1.44 bits per heavy atom. The third kappa shape index (κ3) is 4.59. The van der Waals surface area contributed by atoms with Gasteiger partial charge in [-0.1, -0.05) is 80.6 Å². The summed E-state index contributed by atoms with van der Waals surface area (Å²) in [6, 6.07) is 24.7. The molecule has 4 nitrogen and oxygen atoms in total. The zero-order chi connectivity index (χ0) is 22.5. The Bertz CT molecular complexity index is 1260. The van der Waals surface area contributed by atoms with Gasteiger partial charge in [-0.25, -0.2) is 9.78 Å². The Balaban J connectivity index is 1.60. The molecule has 3 aromatic carbocycles. The van der Waals surface area contributed by atoms with Gasteiger partial charge in [0.25, 0.3) is 0 Å². The van der Waals surface area contributed by atoms with Crippen molar-refractivity contribution in [2.75, 3.05) is 6.61 Å². The first-order valence-corrected chi connectivity index (χ1v) is 10.9. The molecule has 0 aliphatic carbocycles. The lowest BCUT2D eigenvalue weighted by Crippen LogP contribution is -2.15. The first-order valence-electron chi connectivity index (χ1n) is 10.9. The van der Waals surface area contributed by atoms with Crippen molar-refractivity contribution in [1.82, 2.24) is 4.98 Å². The van der Waals surface area contributed by atoms with Gasteiger partial charge in [0.2, 0.25) is 0 Å². The van der Waals surface area contributed by atoms with Gasteiger partial charge in [-0.15, -0.1) is 0 Å². The molecule has 4 rings (SSSR count). The third-order valence-electron chi connectivity index (χ3n) is 5.61. The molecule has 0 N–H and O–H groups in total. The van der Waals surface area contributed by atoms with E-state index in [1.54, 1.807) is 18.2 Å². The average Bonchev–Trinajstić information content (AvgIpc) is 2.86. The van der Waals surface area contributed by atoms with Crippen LogP contribution in [0.5, 0.6) is 0 Å². The Morgan fingerprint density at radius 3 is 2.09 bits per heavy atom. The molecule has 0 atom stereocenters. The van der Waals surface area contributed by atoms with Crippen molar-refractivity contribution < 1.29 is 14.3 Å². The number of carbonyl (C=O) groups excluding carboxylic acids is 2. The van der Waals surface area contributed by atoms with Gasteiger partial charge in [0.05, 0.1) is 16.8 Å². The number of ether oxygens (including phenoxy) is 1. The summed E-state index contributed by atoms with van der Waals surface area (Å²) in [4.78, 5) is 30.2. The smallest absolute Gasteiger partial charge is 0.339 e. The van der Waals surface area contributed by atoms with Crippen molar-refractivity contribution in [3.63, 3.8) is 0 Å². The molecule has 0 saturated heterocycles. The highest BCUT2D eigenvalue weighted by molar-refractivity contribution is 6.06. The van der Waals surface area contributed by atoms with Crippen LogP contribution < -0.4 is 0 Å². The zero-order valence-corrected chi connectivity index (χ0v) is 18.3. The summed E-state index contributed by atoms with van der Waals surface area (Å²) < 4.78 is 5.42. The van der Waals surface area contributed by atoms with Crippen molar-refractivity contribution in [3.8, 4) is 11.3 Å². The van der Waals surface area contributed by atoms with E-state index < -0.39 is 5.97 Å². The highest BCUT2D eigenvalue weighted by Crippen LogP contribution is 2.26. The van der Waals surface area contributed by atoms with Crippen LogP contribution in [0, 0.1) is 0 Å². The maximum Gasteiger partial charge on any atom is 0.339 e. The van der Waals surface area contributed by atoms with E-state index in [1.807, 2.05) is 48.5 Å². The summed E-state index contributed by atoms with van der Waals surface area (Å²) in [7, 11) is 0. The fraction of sp³-hybridized carbons (Fsp3) is 0.179. The minimum absolute atomic E-state index is 0.227. The first-order chi connectivity index (χ1) is 15.6. The van der Waals surface area contributed by atoms with E-state index in [2.05, 4.69) is 26.0 Å². The number of fused-ring (bicyclic) bond motifs is 1. The Hall–Kier alpha value is -3.79. The number of Topliss-reactive ketones (excluding diaryl/α,β-unsaturated/α-hetero) is 1. The van der Waals surface area contributed by atoms with Crippen molar-refractivity contribution in [2.24, 2.45) is 0 Å². The second-order valence-corrected chi connectivity index (χ2v) is 7.67. The SMILES string of the molecule is CCc1ccc(C(=O)COC(=O)c2cc(-c3ccc(CC)cc3)nc3ccccc23)cc1. The molecule has 0 radical (unpaired) electrons. The van der Waals surface area contributed by atoms with E-state index in [1.165, 1.54) is 5.56 Å². The van der Waals surface area contributed by atoms with Crippen LogP contribution in [0.3, 0.4) is 0 Å². The molecule has 0 unspecified atom stereocenters. The molecule has 1 aromatic heterocycles. The third-order valence-corrected chi connectivity index (χ3v) is 5.61. The summed E-state index contributed by atoms with van der Waals surface area (Å²) in [5.74, 6) is -0.761. The molecule has 4 aromatic rings. The average molecular weight is 424 g/mol. The van der Waals surface area contributed by atoms with Gasteiger partial charge < -0.3 is 4.74 Å². The Labute approximate surface area is 187 Å². The summed E-state index contributed by atoms with van der Waals surface area (Å²) >= 11 is 0. The number of nitrogens with zero attached hydrogens (tertiary/aromatic N) is 1. The van der Waals surface area contributed by atoms with Crippen LogP contribution in [0.2, 0.25) is 0 Å². The van der Waals surface area contributed by atoms with Crippen LogP contribution in [0.1, 0.15) is 45.7 Å². The van der Waals surface area contributed by atoms with Gasteiger partial charge >= 0.3 is 5.97 Å². The van der Waals surface area contributed by atoms with Crippen LogP contribution in [0.15, 0.2) is 78.9 Å². The van der Waals surface area contributed by atoms with Crippen LogP contribution in [-0.2, 0) is 17.6 Å². The van der Waals surface area contributed by atoms with Crippen molar-refractivity contribution in [1.29, 1.82) is 0 Å². The van der Waals surface area contributed by atoms with Gasteiger partial charge in [-0.2, -0.15) is 0 Å². The maximum absolute atomic E-state index is 13.0. The number of pyridine rings is 1. The monoisotopic (exact) mass is 423 g/mol. The van der Waals surface area contributed by atoms with E-state index in [0.717, 1.165) is 24.0 Å². The molecular formula is C28H25NO3. The maximum atomic E-state index is 13.0. The van der Waals surface area contributed by atoms with Gasteiger partial charge in [0, 0.05) is 16.5 Å². The Kier molecular flexibility index (Phi) is 6.41. The van der Waals surface area contributed by atoms with Crippen molar-refractivity contribution in [3.05, 3.63) is 101 Å². The lowest BCUT2D eigenvalue weighted by molar-refractivity contribution is 0.0476. The highest BCUT2D eigenvalue weighted by Gasteiger charge is 2.17. The lowest BCUT2D eigenvalue weighted by Gasteiger charge is -2.10. The number of rotatable bonds is 7. The summed E-state index contributed by atoms with van der Waals surface area (Å²) in [5, 5.41) is 0.700. The standard InChI is InChI=1S/C28H25NO3/c1-3-19-9-13-21(14-10-19)26-17-24(23-7-5-6-8-25(23)29-26)28(31)32-18-27(30)22-15-11-20(4-2)12-16-22/h5-17H,3-4,18H2,1-2H3. The van der Waals surface area contributed by atoms with Crippen LogP contribution >= 0.6 is 0 Å². The number of hydrogen-bond acceptors (Lipinski definition) is 4. The number of aryl methyl sites for hydroxylation is 2. The highest BCUT2D eigenvalue weighted by atomic mass is 16.5. The molecule has 0 spiro atoms. The van der Waals surface area contributed by atoms with E-state index in [4.69, 9.17) is 9.72 Å². The minimum atomic E-state index is -0.534. The first kappa shape index (κ1) is 21.4. The predicted octanol–water partition coefficient (Wildman–Crippen LogP) is 6.07. The number of aromatic nitrogens is 1. The van der Waals surface area contributed by atoms with Crippen molar-refractivity contribution >= 4 is 22.7 Å². The molecule has 4 heteroatoms. The molecule has 0 saturated carbocycles. The van der Waals surface area contributed by atoms with Crippen LogP contribution in [-0.4, -0.2) is 23.3 Å². The van der Waals surface area contributed by atoms with Gasteiger partial charge in [-0.05, 0) is 36.1 Å². The largest absolute Gasteiger partial charge is 0.454 e. The molecular weight excluding hydrogens is 398 g/mol. The van der Waals surface area contributed by atoms with Crippen LogP contribution in [0.25, 0.3) is 22.2 Å². The zero-order valence-electron chi connectivity index (χ0n) is 18.3. The molecule has 0 aliphatic heterocycles. The van der Waals surface area contributed by atoms with Crippen molar-refractivity contribution in [2.45, 2.75) is 26.7 Å². The molecule has 32 heavy (non-hydrogen) atoms. The summed E-state index contributed by atoms with van der Waals surface area (Å²) in [5.41, 5.74) is 5.65. The minimum Gasteiger partial charge on any atom is -0.454 e. The molecule has 0 fully saturated rings. The van der Waals surface area contributed by atoms with E-state index in [9.17, 15) is 9.59 Å². The fourth-order valence-corrected chi connectivity index (χ4v) is 3.62. The second kappa shape index (κ2) is 9.56. The number of ketones is 1. The van der Waals surface area contributed by atoms with Gasteiger partial charge in [-0.3, -0.25) is 4.79 Å². The molecule has 1 heterocycles. The van der Waals surface area contributed by atoms with E-state index in [0.29, 0.717) is 27.7 Å². The number of para-hydroxylation sites is 1. The quantitative estimate of drug-likeness (QED) is 0.268. The number of hydrogen-bond donors (Lipinski definition) is 0. The van der Waals surface area contributed by atoms with Gasteiger partial charge in [0.1, 0.15) is 0 Å². The lowest BCUT2D eigenvalue weighted by atomic mass is 10.0. The Morgan fingerprint density at radius 1 is 0.812 bits per heavy atom. The second-order valence-electron chi connectivity index (χ2n) is 7.67. The van der Waals surface area contributed by atoms with E-state index >= 15 is 0 Å². The van der Waals surface area contributed by atoms with E-state index in [-0.39, 0.29) is 12.4 Å². The van der Waals surface area contributed by atoms with Crippen LogP contribution in [0.4, 0.5) is 0 Å². The number of benzene rings is 3. The summed E-state index contributed by atoms with van der Waals surface area (Å²) in [6.07, 6.45) is 1.86. The molecule has 0 bridgehead atoms. The normalized spacial score (nSPS) is 10.8. The number of carbonyl (C=O) groups is 2. The fourth-order valence-electron chi connectivity index (χ4n) is 3.62. The van der Waals surface area contributed by atoms with Gasteiger partial charge in [0.15, 0.2) is 12.4 Å². The molecule has 0 amide bonds. The predicted molar refractivity (Wildman–Crippen MR) is 127 cm³/mol. The topological polar surface area (TPSA) is 56.3 Å². The number of esters is 1. The molecule has 160 valence electrons.